The van der Waals surface area contributed by atoms with Crippen molar-refractivity contribution in [3.8, 4) is 0 Å². The Morgan fingerprint density at radius 2 is 2.11 bits per heavy atom. The minimum atomic E-state index is 0.567. The molecule has 1 atom stereocenters. The van der Waals surface area contributed by atoms with Crippen molar-refractivity contribution in [1.82, 2.24) is 4.98 Å². The molecule has 1 saturated carbocycles. The highest BCUT2D eigenvalue weighted by Gasteiger charge is 2.23. The summed E-state index contributed by atoms with van der Waals surface area (Å²) in [5, 5.41) is 3.55. The first-order valence-corrected chi connectivity index (χ1v) is 7.29. The van der Waals surface area contributed by atoms with E-state index < -0.39 is 0 Å². The lowest BCUT2D eigenvalue weighted by Gasteiger charge is -2.18. The summed E-state index contributed by atoms with van der Waals surface area (Å²) in [7, 11) is 0. The molecular formula is C15H23N3. The van der Waals surface area contributed by atoms with E-state index in [2.05, 4.69) is 34.3 Å². The van der Waals surface area contributed by atoms with Gasteiger partial charge in [0.05, 0.1) is 11.9 Å². The quantitative estimate of drug-likeness (QED) is 0.863. The average Bonchev–Trinajstić information content (AvgIpc) is 3.01. The molecule has 98 valence electrons. The lowest BCUT2D eigenvalue weighted by atomic mass is 10.1. The van der Waals surface area contributed by atoms with Crippen molar-refractivity contribution in [1.29, 1.82) is 0 Å². The summed E-state index contributed by atoms with van der Waals surface area (Å²) < 4.78 is 0. The van der Waals surface area contributed by atoms with Gasteiger partial charge in [-0.3, -0.25) is 0 Å². The van der Waals surface area contributed by atoms with E-state index in [0.29, 0.717) is 6.04 Å². The van der Waals surface area contributed by atoms with E-state index in [1.54, 1.807) is 0 Å². The van der Waals surface area contributed by atoms with E-state index in [4.69, 9.17) is 0 Å². The highest BCUT2D eigenvalue weighted by Crippen LogP contribution is 2.34. The van der Waals surface area contributed by atoms with E-state index >= 15 is 0 Å². The predicted octanol–water partition coefficient (Wildman–Crippen LogP) is 3.28. The molecule has 1 aromatic rings. The molecule has 1 unspecified atom stereocenters. The summed E-state index contributed by atoms with van der Waals surface area (Å²) in [5.41, 5.74) is 1.16. The van der Waals surface area contributed by atoms with Gasteiger partial charge in [0.15, 0.2) is 0 Å². The van der Waals surface area contributed by atoms with E-state index in [9.17, 15) is 0 Å². The van der Waals surface area contributed by atoms with E-state index in [1.807, 2.05) is 6.20 Å². The van der Waals surface area contributed by atoms with Gasteiger partial charge in [0.1, 0.15) is 5.82 Å². The van der Waals surface area contributed by atoms with Crippen LogP contribution in [0.3, 0.4) is 0 Å². The Hall–Kier alpha value is -1.25. The van der Waals surface area contributed by atoms with E-state index in [-0.39, 0.29) is 0 Å². The number of aromatic nitrogens is 1. The molecule has 1 saturated heterocycles. The van der Waals surface area contributed by atoms with Crippen LogP contribution in [0.15, 0.2) is 18.3 Å². The summed E-state index contributed by atoms with van der Waals surface area (Å²) in [5.74, 6) is 2.11. The molecule has 3 heteroatoms. The monoisotopic (exact) mass is 245 g/mol. The molecule has 0 aromatic carbocycles. The lowest BCUT2D eigenvalue weighted by Crippen LogP contribution is -2.19. The van der Waals surface area contributed by atoms with Crippen LogP contribution < -0.4 is 10.2 Å². The van der Waals surface area contributed by atoms with Crippen LogP contribution in [0.1, 0.15) is 39.0 Å². The van der Waals surface area contributed by atoms with Crippen LogP contribution in [0, 0.1) is 5.92 Å². The normalized spacial score (nSPS) is 21.1. The Labute approximate surface area is 110 Å². The van der Waals surface area contributed by atoms with Crippen LogP contribution >= 0.6 is 0 Å². The van der Waals surface area contributed by atoms with Gasteiger partial charge < -0.3 is 10.2 Å². The molecule has 2 fully saturated rings. The second-order valence-electron chi connectivity index (χ2n) is 5.82. The van der Waals surface area contributed by atoms with Crippen LogP contribution in [0.5, 0.6) is 0 Å². The van der Waals surface area contributed by atoms with Crippen molar-refractivity contribution in [3.05, 3.63) is 18.3 Å². The fraction of sp³-hybridized carbons (Fsp3) is 0.667. The first-order valence-electron chi connectivity index (χ1n) is 7.29. The number of hydrogen-bond acceptors (Lipinski definition) is 3. The van der Waals surface area contributed by atoms with Gasteiger partial charge in [0.2, 0.25) is 0 Å². The van der Waals surface area contributed by atoms with Crippen molar-refractivity contribution < 1.29 is 0 Å². The van der Waals surface area contributed by atoms with Gasteiger partial charge in [-0.25, -0.2) is 4.98 Å². The second kappa shape index (κ2) is 5.17. The maximum atomic E-state index is 4.57. The van der Waals surface area contributed by atoms with Crippen LogP contribution in [0.4, 0.5) is 11.5 Å². The third-order valence-electron chi connectivity index (χ3n) is 3.97. The van der Waals surface area contributed by atoms with Gasteiger partial charge in [-0.1, -0.05) is 12.8 Å². The number of pyridine rings is 1. The molecular weight excluding hydrogens is 222 g/mol. The zero-order chi connectivity index (χ0) is 12.4. The zero-order valence-corrected chi connectivity index (χ0v) is 11.2. The maximum absolute atomic E-state index is 4.57. The van der Waals surface area contributed by atoms with Crippen molar-refractivity contribution in [2.24, 2.45) is 5.92 Å². The maximum Gasteiger partial charge on any atom is 0.128 e. The number of anilines is 2. The van der Waals surface area contributed by atoms with Gasteiger partial charge in [0, 0.05) is 19.1 Å². The first kappa shape index (κ1) is 11.8. The zero-order valence-electron chi connectivity index (χ0n) is 11.2. The Morgan fingerprint density at radius 3 is 2.72 bits per heavy atom. The number of hydrogen-bond donors (Lipinski definition) is 1. The van der Waals surface area contributed by atoms with Gasteiger partial charge in [-0.2, -0.15) is 0 Å². The second-order valence-corrected chi connectivity index (χ2v) is 5.82. The fourth-order valence-corrected chi connectivity index (χ4v) is 2.80. The molecule has 2 heterocycles. The van der Waals surface area contributed by atoms with Gasteiger partial charge in [-0.15, -0.1) is 0 Å². The van der Waals surface area contributed by atoms with Crippen LogP contribution in [-0.4, -0.2) is 24.1 Å². The van der Waals surface area contributed by atoms with Crippen molar-refractivity contribution >= 4 is 11.5 Å². The molecule has 1 aromatic heterocycles. The van der Waals surface area contributed by atoms with Crippen LogP contribution in [-0.2, 0) is 0 Å². The molecule has 2 aliphatic rings. The highest BCUT2D eigenvalue weighted by atomic mass is 15.2. The largest absolute Gasteiger partial charge is 0.381 e. The molecule has 3 rings (SSSR count). The predicted molar refractivity (Wildman–Crippen MR) is 76.1 cm³/mol. The summed E-state index contributed by atoms with van der Waals surface area (Å²) >= 11 is 0. The highest BCUT2D eigenvalue weighted by molar-refractivity contribution is 5.49. The number of nitrogens with zero attached hydrogens (tertiary/aromatic N) is 2. The molecule has 18 heavy (non-hydrogen) atoms. The topological polar surface area (TPSA) is 28.2 Å². The molecule has 1 N–H and O–H groups in total. The van der Waals surface area contributed by atoms with Crippen molar-refractivity contribution in [3.63, 3.8) is 0 Å². The third kappa shape index (κ3) is 2.95. The SMILES string of the molecule is CC(CC1CC1)Nc1ccc(N2CCCC2)nc1. The number of rotatable bonds is 5. The minimum Gasteiger partial charge on any atom is -0.381 e. The van der Waals surface area contributed by atoms with Crippen LogP contribution in [0.25, 0.3) is 0 Å². The molecule has 0 spiro atoms. The Balaban J connectivity index is 1.56. The first-order chi connectivity index (χ1) is 8.81. The van der Waals surface area contributed by atoms with E-state index in [0.717, 1.165) is 30.5 Å². The van der Waals surface area contributed by atoms with Crippen molar-refractivity contribution in [2.75, 3.05) is 23.3 Å². The third-order valence-corrected chi connectivity index (χ3v) is 3.97. The lowest BCUT2D eigenvalue weighted by molar-refractivity contribution is 0.642. The van der Waals surface area contributed by atoms with Gasteiger partial charge in [-0.05, 0) is 44.2 Å². The summed E-state index contributed by atoms with van der Waals surface area (Å²) in [6.45, 7) is 4.60. The standard InChI is InChI=1S/C15H23N3/c1-12(10-13-4-5-13)17-14-6-7-15(16-11-14)18-8-2-3-9-18/h6-7,11-13,17H,2-5,8-10H2,1H3. The molecule has 1 aliphatic heterocycles. The van der Waals surface area contributed by atoms with Gasteiger partial charge in [0.25, 0.3) is 0 Å². The smallest absolute Gasteiger partial charge is 0.128 e. The minimum absolute atomic E-state index is 0.567. The van der Waals surface area contributed by atoms with Crippen molar-refractivity contribution in [2.45, 2.75) is 45.1 Å². The summed E-state index contributed by atoms with van der Waals surface area (Å²) in [4.78, 5) is 6.94. The van der Waals surface area contributed by atoms with E-state index in [1.165, 1.54) is 32.1 Å². The van der Waals surface area contributed by atoms with Crippen LogP contribution in [0.2, 0.25) is 0 Å². The average molecular weight is 245 g/mol. The summed E-state index contributed by atoms with van der Waals surface area (Å²) in [6.07, 6.45) is 8.75. The molecule has 3 nitrogen and oxygen atoms in total. The molecule has 0 radical (unpaired) electrons. The Morgan fingerprint density at radius 1 is 1.33 bits per heavy atom. The number of nitrogens with one attached hydrogen (secondary N) is 1. The Kier molecular flexibility index (Phi) is 3.39. The summed E-state index contributed by atoms with van der Waals surface area (Å²) in [6, 6.07) is 4.89. The molecule has 0 amide bonds. The molecule has 0 bridgehead atoms. The Bertz CT molecular complexity index is 377. The van der Waals surface area contributed by atoms with Gasteiger partial charge >= 0.3 is 0 Å². The molecule has 1 aliphatic carbocycles. The fourth-order valence-electron chi connectivity index (χ4n) is 2.80.